The average molecular weight is 377 g/mol. The van der Waals surface area contributed by atoms with Gasteiger partial charge in [-0.1, -0.05) is 0 Å². The van der Waals surface area contributed by atoms with E-state index < -0.39 is 48.4 Å². The van der Waals surface area contributed by atoms with Crippen LogP contribution < -0.4 is 16.0 Å². The summed E-state index contributed by atoms with van der Waals surface area (Å²) in [6, 6.07) is -2.80. The summed E-state index contributed by atoms with van der Waals surface area (Å²) < 4.78 is 0. The largest absolute Gasteiger partial charge is 0.481 e. The van der Waals surface area contributed by atoms with Gasteiger partial charge in [-0.25, -0.2) is 0 Å². The van der Waals surface area contributed by atoms with Crippen molar-refractivity contribution in [2.24, 2.45) is 0 Å². The molecule has 26 heavy (non-hydrogen) atoms. The minimum absolute atomic E-state index is 0.00683. The summed E-state index contributed by atoms with van der Waals surface area (Å²) in [5.41, 5.74) is 0. The van der Waals surface area contributed by atoms with Gasteiger partial charge in [0.2, 0.25) is 0 Å². The lowest BCUT2D eigenvalue weighted by atomic mass is 9.79. The number of hydrogen-bond donors (Lipinski definition) is 8. The Labute approximate surface area is 150 Å². The number of aliphatic hydroxyl groups is 3. The van der Waals surface area contributed by atoms with Crippen molar-refractivity contribution in [3.05, 3.63) is 0 Å². The van der Waals surface area contributed by atoms with Crippen molar-refractivity contribution in [1.29, 1.82) is 0 Å². The molecule has 1 aliphatic carbocycles. The zero-order chi connectivity index (χ0) is 19.7. The van der Waals surface area contributed by atoms with Gasteiger partial charge >= 0.3 is 11.9 Å². The highest BCUT2D eigenvalue weighted by atomic mass is 16.4. The second-order valence-electron chi connectivity index (χ2n) is 6.15. The van der Waals surface area contributed by atoms with Gasteiger partial charge in [0.1, 0.15) is 6.29 Å². The fraction of sp³-hybridized carbons (Fsp3) is 0.800. The zero-order valence-corrected chi connectivity index (χ0v) is 14.2. The fourth-order valence-electron chi connectivity index (χ4n) is 3.00. The van der Waals surface area contributed by atoms with Crippen LogP contribution in [0.25, 0.3) is 0 Å². The maximum absolute atomic E-state index is 10.6. The van der Waals surface area contributed by atoms with Crippen molar-refractivity contribution in [2.75, 3.05) is 19.6 Å². The molecule has 1 aliphatic rings. The molecule has 0 heterocycles. The van der Waals surface area contributed by atoms with E-state index in [1.807, 2.05) is 0 Å². The monoisotopic (exact) mass is 377 g/mol. The molecule has 0 aromatic carbocycles. The van der Waals surface area contributed by atoms with E-state index in [0.717, 1.165) is 0 Å². The number of rotatable bonds is 12. The van der Waals surface area contributed by atoms with Crippen LogP contribution in [0.1, 0.15) is 19.3 Å². The number of carboxylic acids is 2. The number of aliphatic carboxylic acids is 2. The summed E-state index contributed by atoms with van der Waals surface area (Å²) in [5, 5.41) is 57.2. The molecule has 1 rings (SSSR count). The van der Waals surface area contributed by atoms with Crippen LogP contribution in [0.3, 0.4) is 0 Å². The van der Waals surface area contributed by atoms with E-state index in [9.17, 15) is 29.7 Å². The van der Waals surface area contributed by atoms with Crippen molar-refractivity contribution in [3.63, 3.8) is 0 Å². The minimum Gasteiger partial charge on any atom is -0.481 e. The Bertz CT molecular complexity index is 444. The summed E-state index contributed by atoms with van der Waals surface area (Å²) in [6.45, 7) is 0.183. The first-order valence-electron chi connectivity index (χ1n) is 8.41. The standard InChI is InChI=1S/C15H27N3O8/c19-7-1-4-16-10-13(24)11(17-5-2-8(20)21)15(26)12(14(10)25)18-6-3-9(22)23/h7,10-18,24-26H,1-6H2,(H,20,21)(H,22,23). The van der Waals surface area contributed by atoms with Crippen LogP contribution in [0.5, 0.6) is 0 Å². The molecule has 1 saturated carbocycles. The molecule has 0 saturated heterocycles. The van der Waals surface area contributed by atoms with Gasteiger partial charge in [-0.3, -0.25) is 9.59 Å². The van der Waals surface area contributed by atoms with Gasteiger partial charge in [0.05, 0.1) is 49.3 Å². The summed E-state index contributed by atoms with van der Waals surface area (Å²) >= 11 is 0. The summed E-state index contributed by atoms with van der Waals surface area (Å²) in [5.74, 6) is -2.09. The highest BCUT2D eigenvalue weighted by molar-refractivity contribution is 5.67. The molecule has 4 atom stereocenters. The van der Waals surface area contributed by atoms with E-state index in [2.05, 4.69) is 16.0 Å². The van der Waals surface area contributed by atoms with E-state index in [-0.39, 0.29) is 38.9 Å². The molecule has 0 spiro atoms. The number of carbonyl (C=O) groups is 3. The first-order valence-corrected chi connectivity index (χ1v) is 8.41. The van der Waals surface area contributed by atoms with Crippen LogP contribution in [0.2, 0.25) is 0 Å². The normalized spacial score (nSPS) is 31.5. The molecule has 0 aromatic rings. The first kappa shape index (κ1) is 22.4. The Kier molecular flexibility index (Phi) is 9.62. The second-order valence-corrected chi connectivity index (χ2v) is 6.15. The Balaban J connectivity index is 2.83. The maximum atomic E-state index is 10.6. The van der Waals surface area contributed by atoms with Crippen LogP contribution in [0.15, 0.2) is 0 Å². The quantitative estimate of drug-likeness (QED) is 0.124. The summed E-state index contributed by atoms with van der Waals surface area (Å²) in [4.78, 5) is 31.8. The molecule has 0 aromatic heterocycles. The maximum Gasteiger partial charge on any atom is 0.304 e. The first-order chi connectivity index (χ1) is 12.3. The predicted octanol–water partition coefficient (Wildman–Crippen LogP) is -3.50. The predicted molar refractivity (Wildman–Crippen MR) is 88.6 cm³/mol. The van der Waals surface area contributed by atoms with Gasteiger partial charge in [0.25, 0.3) is 0 Å². The van der Waals surface area contributed by atoms with E-state index in [1.165, 1.54) is 0 Å². The number of carboxylic acid groups (broad SMARTS) is 2. The molecule has 4 unspecified atom stereocenters. The number of aldehydes is 1. The molecule has 11 nitrogen and oxygen atoms in total. The lowest BCUT2D eigenvalue weighted by Crippen LogP contribution is -2.73. The minimum atomic E-state index is -1.29. The Hall–Kier alpha value is -1.63. The molecule has 0 bridgehead atoms. The molecule has 8 N–H and O–H groups in total. The number of hydrogen-bond acceptors (Lipinski definition) is 9. The van der Waals surface area contributed by atoms with Gasteiger partial charge in [0, 0.05) is 26.1 Å². The van der Waals surface area contributed by atoms with Crippen LogP contribution in [-0.4, -0.2) is 99.8 Å². The number of carbonyl (C=O) groups excluding carboxylic acids is 1. The van der Waals surface area contributed by atoms with Gasteiger partial charge in [0.15, 0.2) is 0 Å². The third-order valence-corrected chi connectivity index (χ3v) is 4.29. The molecular weight excluding hydrogens is 350 g/mol. The third-order valence-electron chi connectivity index (χ3n) is 4.29. The average Bonchev–Trinajstić information content (AvgIpc) is 2.56. The molecule has 0 aliphatic heterocycles. The molecule has 0 radical (unpaired) electrons. The SMILES string of the molecule is O=CCCNC1C(O)C(NCCC(=O)O)C(O)C(NCCC(=O)O)C1O. The number of nitrogens with one attached hydrogen (secondary N) is 3. The van der Waals surface area contributed by atoms with E-state index >= 15 is 0 Å². The molecule has 150 valence electrons. The molecular formula is C15H27N3O8. The lowest BCUT2D eigenvalue weighted by Gasteiger charge is -2.47. The summed E-state index contributed by atoms with van der Waals surface area (Å²) in [6.07, 6.45) is -3.40. The Morgan fingerprint density at radius 1 is 0.731 bits per heavy atom. The van der Waals surface area contributed by atoms with Crippen LogP contribution in [-0.2, 0) is 14.4 Å². The fourth-order valence-corrected chi connectivity index (χ4v) is 3.00. The molecule has 0 amide bonds. The van der Waals surface area contributed by atoms with Crippen molar-refractivity contribution < 1.29 is 39.9 Å². The van der Waals surface area contributed by atoms with Crippen molar-refractivity contribution in [2.45, 2.75) is 55.7 Å². The van der Waals surface area contributed by atoms with Gasteiger partial charge in [-0.15, -0.1) is 0 Å². The van der Waals surface area contributed by atoms with Crippen LogP contribution in [0, 0.1) is 0 Å². The third kappa shape index (κ3) is 6.59. The smallest absolute Gasteiger partial charge is 0.304 e. The summed E-state index contributed by atoms with van der Waals surface area (Å²) in [7, 11) is 0. The van der Waals surface area contributed by atoms with E-state index in [0.29, 0.717) is 6.29 Å². The Morgan fingerprint density at radius 2 is 1.08 bits per heavy atom. The van der Waals surface area contributed by atoms with Gasteiger partial charge < -0.3 is 46.3 Å². The molecule has 1 fully saturated rings. The van der Waals surface area contributed by atoms with Crippen molar-refractivity contribution in [3.8, 4) is 0 Å². The lowest BCUT2D eigenvalue weighted by molar-refractivity contribution is -0.137. The second kappa shape index (κ2) is 11.2. The Morgan fingerprint density at radius 3 is 1.38 bits per heavy atom. The zero-order valence-electron chi connectivity index (χ0n) is 14.2. The van der Waals surface area contributed by atoms with E-state index in [1.54, 1.807) is 0 Å². The van der Waals surface area contributed by atoms with Crippen LogP contribution >= 0.6 is 0 Å². The van der Waals surface area contributed by atoms with Gasteiger partial charge in [-0.2, -0.15) is 0 Å². The topological polar surface area (TPSA) is 188 Å². The van der Waals surface area contributed by atoms with Crippen molar-refractivity contribution in [1.82, 2.24) is 16.0 Å². The van der Waals surface area contributed by atoms with Crippen LogP contribution in [0.4, 0.5) is 0 Å². The van der Waals surface area contributed by atoms with E-state index in [4.69, 9.17) is 10.2 Å². The highest BCUT2D eigenvalue weighted by Crippen LogP contribution is 2.22. The highest BCUT2D eigenvalue weighted by Gasteiger charge is 2.48. The van der Waals surface area contributed by atoms with Crippen molar-refractivity contribution >= 4 is 18.2 Å². The van der Waals surface area contributed by atoms with Gasteiger partial charge in [-0.05, 0) is 0 Å². The number of aliphatic hydroxyl groups excluding tert-OH is 3. The molecule has 11 heteroatoms.